The molecule has 78 valence electrons. The Balaban J connectivity index is 4.30. The van der Waals surface area contributed by atoms with Gasteiger partial charge in [-0.3, -0.25) is 4.79 Å². The average molecular weight is 217 g/mol. The van der Waals surface area contributed by atoms with Gasteiger partial charge in [0.15, 0.2) is 0 Å². The van der Waals surface area contributed by atoms with E-state index in [1.807, 2.05) is 0 Å². The molecule has 0 aliphatic heterocycles. The van der Waals surface area contributed by atoms with Crippen LogP contribution in [0.1, 0.15) is 0 Å². The lowest BCUT2D eigenvalue weighted by Gasteiger charge is -2.22. The molecule has 0 fully saturated rings. The van der Waals surface area contributed by atoms with Crippen LogP contribution in [0.3, 0.4) is 0 Å². The smallest absolute Gasteiger partial charge is 0.338 e. The van der Waals surface area contributed by atoms with E-state index in [0.717, 1.165) is 7.05 Å². The van der Waals surface area contributed by atoms with Crippen LogP contribution in [0.15, 0.2) is 0 Å². The first-order valence-corrected chi connectivity index (χ1v) is 6.64. The molecule has 0 bridgehead atoms. The minimum atomic E-state index is -4.91. The third-order valence-electron chi connectivity index (χ3n) is 1.20. The van der Waals surface area contributed by atoms with Gasteiger partial charge in [0.05, 0.1) is 0 Å². The second-order valence-corrected chi connectivity index (χ2v) is 7.13. The Morgan fingerprint density at radius 3 is 2.00 bits per heavy atom. The molecule has 0 saturated carbocycles. The predicted octanol–water partition coefficient (Wildman–Crippen LogP) is 1.72. The summed E-state index contributed by atoms with van der Waals surface area (Å²) in [5.41, 5.74) is 0. The van der Waals surface area contributed by atoms with Gasteiger partial charge in [0.2, 0.25) is 0 Å². The van der Waals surface area contributed by atoms with Gasteiger partial charge in [0.25, 0.3) is 8.41 Å². The number of halogens is 4. The zero-order valence-electron chi connectivity index (χ0n) is 7.57. The normalized spacial score (nSPS) is 12.8. The highest BCUT2D eigenvalue weighted by Gasteiger charge is 2.42. The Morgan fingerprint density at radius 2 is 1.77 bits per heavy atom. The maximum absolute atomic E-state index is 13.0. The fraction of sp³-hybridized carbons (Fsp3) is 0.833. The third-order valence-corrected chi connectivity index (χ3v) is 2.43. The number of rotatable bonds is 2. The van der Waals surface area contributed by atoms with Crippen LogP contribution >= 0.6 is 0 Å². The topological polar surface area (TPSA) is 20.3 Å². The maximum atomic E-state index is 13.0. The van der Waals surface area contributed by atoms with Gasteiger partial charge < -0.3 is 9.01 Å². The van der Waals surface area contributed by atoms with Crippen molar-refractivity contribution in [1.82, 2.24) is 4.90 Å². The summed E-state index contributed by atoms with van der Waals surface area (Å²) in [5.74, 6) is -1.99. The Morgan fingerprint density at radius 1 is 1.38 bits per heavy atom. The molecular weight excluding hydrogens is 206 g/mol. The molecule has 0 radical (unpaired) electrons. The first-order chi connectivity index (χ1) is 5.54. The molecule has 0 aromatic heterocycles. The number of nitrogens with zero attached hydrogens (tertiary/aromatic N) is 1. The first kappa shape index (κ1) is 12.4. The van der Waals surface area contributed by atoms with Gasteiger partial charge in [0, 0.05) is 13.2 Å². The maximum Gasteiger partial charge on any atom is 0.471 e. The average Bonchev–Trinajstić information content (AvgIpc) is 1.79. The first-order valence-electron chi connectivity index (χ1n) is 3.55. The number of hydrogen-bond acceptors (Lipinski definition) is 1. The van der Waals surface area contributed by atoms with Crippen molar-refractivity contribution in [1.29, 1.82) is 0 Å². The summed E-state index contributed by atoms with van der Waals surface area (Å²) in [4.78, 5) is 10.9. The Kier molecular flexibility index (Phi) is 3.48. The monoisotopic (exact) mass is 217 g/mol. The molecule has 7 heteroatoms. The van der Waals surface area contributed by atoms with Crippen LogP contribution < -0.4 is 0 Å². The summed E-state index contributed by atoms with van der Waals surface area (Å²) in [6.07, 6.45) is -5.35. The van der Waals surface area contributed by atoms with Crippen LogP contribution in [0.25, 0.3) is 0 Å². The fourth-order valence-corrected chi connectivity index (χ4v) is 2.12. The standard InChI is InChI=1S/C6H11F4NOSi/c1-11(4-13(2,3)10)5(12)6(7,8)9/h4H2,1-3H3. The zero-order valence-corrected chi connectivity index (χ0v) is 8.57. The van der Waals surface area contributed by atoms with Crippen molar-refractivity contribution >= 4 is 14.3 Å². The van der Waals surface area contributed by atoms with Crippen molar-refractivity contribution in [2.75, 3.05) is 13.2 Å². The largest absolute Gasteiger partial charge is 0.471 e. The summed E-state index contributed by atoms with van der Waals surface area (Å²) in [6.45, 7) is 2.49. The van der Waals surface area contributed by atoms with E-state index in [2.05, 4.69) is 0 Å². The van der Waals surface area contributed by atoms with E-state index in [9.17, 15) is 22.1 Å². The summed E-state index contributed by atoms with van der Waals surface area (Å²) < 4.78 is 48.3. The Bertz CT molecular complexity index is 198. The summed E-state index contributed by atoms with van der Waals surface area (Å²) >= 11 is 0. The van der Waals surface area contributed by atoms with Gasteiger partial charge in [-0.1, -0.05) is 0 Å². The minimum Gasteiger partial charge on any atom is -0.338 e. The van der Waals surface area contributed by atoms with Gasteiger partial charge in [-0.15, -0.1) is 0 Å². The van der Waals surface area contributed by atoms with Crippen molar-refractivity contribution in [3.8, 4) is 0 Å². The van der Waals surface area contributed by atoms with Crippen molar-refractivity contribution in [2.24, 2.45) is 0 Å². The quantitative estimate of drug-likeness (QED) is 0.392. The zero-order chi connectivity index (χ0) is 10.9. The molecule has 0 heterocycles. The molecular formula is C6H11F4NOSi. The summed E-state index contributed by atoms with van der Waals surface area (Å²) in [5, 5.41) is 0. The number of alkyl halides is 3. The molecule has 0 saturated heterocycles. The molecule has 0 aliphatic carbocycles. The number of amides is 1. The summed E-state index contributed by atoms with van der Waals surface area (Å²) in [7, 11) is -2.21. The number of carbonyl (C=O) groups excluding carboxylic acids is 1. The molecule has 0 N–H and O–H groups in total. The SMILES string of the molecule is CN(C[Si](C)(C)F)C(=O)C(F)(F)F. The van der Waals surface area contributed by atoms with Crippen molar-refractivity contribution in [3.63, 3.8) is 0 Å². The van der Waals surface area contributed by atoms with Crippen LogP contribution in [0.2, 0.25) is 13.1 Å². The predicted molar refractivity (Wildman–Crippen MR) is 42.3 cm³/mol. The molecule has 0 unspecified atom stereocenters. The van der Waals surface area contributed by atoms with Gasteiger partial charge in [-0.25, -0.2) is 0 Å². The van der Waals surface area contributed by atoms with Gasteiger partial charge in [0.1, 0.15) is 0 Å². The lowest BCUT2D eigenvalue weighted by atomic mass is 10.5. The molecule has 0 spiro atoms. The lowest BCUT2D eigenvalue weighted by Crippen LogP contribution is -2.45. The van der Waals surface area contributed by atoms with E-state index in [-0.39, 0.29) is 0 Å². The molecule has 0 rings (SSSR count). The highest BCUT2D eigenvalue weighted by atomic mass is 28.4. The van der Waals surface area contributed by atoms with E-state index in [1.54, 1.807) is 0 Å². The second kappa shape index (κ2) is 3.65. The molecule has 0 atom stereocenters. The highest BCUT2D eigenvalue weighted by molar-refractivity contribution is 6.70. The van der Waals surface area contributed by atoms with E-state index >= 15 is 0 Å². The van der Waals surface area contributed by atoms with E-state index in [4.69, 9.17) is 0 Å². The fourth-order valence-electron chi connectivity index (χ4n) is 0.852. The molecule has 0 aromatic carbocycles. The van der Waals surface area contributed by atoms with Crippen LogP contribution in [-0.2, 0) is 4.79 Å². The van der Waals surface area contributed by atoms with Gasteiger partial charge >= 0.3 is 12.1 Å². The molecule has 1 amide bonds. The van der Waals surface area contributed by atoms with E-state index in [0.29, 0.717) is 4.90 Å². The summed E-state index contributed by atoms with van der Waals surface area (Å²) in [6, 6.07) is 0. The van der Waals surface area contributed by atoms with Crippen molar-refractivity contribution < 1.29 is 22.1 Å². The van der Waals surface area contributed by atoms with Gasteiger partial charge in [-0.2, -0.15) is 13.2 Å². The van der Waals surface area contributed by atoms with Crippen LogP contribution in [0.4, 0.5) is 17.3 Å². The molecule has 0 aromatic rings. The molecule has 13 heavy (non-hydrogen) atoms. The molecule has 0 aliphatic rings. The van der Waals surface area contributed by atoms with Crippen LogP contribution in [0.5, 0.6) is 0 Å². The van der Waals surface area contributed by atoms with Crippen LogP contribution in [0, 0.1) is 0 Å². The van der Waals surface area contributed by atoms with Gasteiger partial charge in [-0.05, 0) is 13.1 Å². The van der Waals surface area contributed by atoms with Crippen molar-refractivity contribution in [2.45, 2.75) is 19.3 Å². The number of carbonyl (C=O) groups is 1. The lowest BCUT2D eigenvalue weighted by molar-refractivity contribution is -0.183. The Labute approximate surface area is 74.7 Å². The van der Waals surface area contributed by atoms with E-state index in [1.165, 1.54) is 13.1 Å². The Hall–Kier alpha value is -0.593. The van der Waals surface area contributed by atoms with E-state index < -0.39 is 26.7 Å². The molecule has 2 nitrogen and oxygen atoms in total. The van der Waals surface area contributed by atoms with Crippen molar-refractivity contribution in [3.05, 3.63) is 0 Å². The number of hydrogen-bond donors (Lipinski definition) is 0. The third kappa shape index (κ3) is 4.86. The van der Waals surface area contributed by atoms with Crippen LogP contribution in [-0.4, -0.2) is 38.6 Å². The second-order valence-electron chi connectivity index (χ2n) is 3.38. The highest BCUT2D eigenvalue weighted by Crippen LogP contribution is 2.18. The minimum absolute atomic E-state index is 0.381.